The zero-order valence-corrected chi connectivity index (χ0v) is 18.6. The number of carbonyl (C=O) groups excluding carboxylic acids is 1. The van der Waals surface area contributed by atoms with E-state index in [4.69, 9.17) is 4.98 Å². The van der Waals surface area contributed by atoms with Crippen molar-refractivity contribution in [1.29, 1.82) is 0 Å². The first kappa shape index (κ1) is 21.5. The second-order valence-corrected chi connectivity index (χ2v) is 8.97. The fraction of sp³-hybridized carbons (Fsp3) is 0.273. The molecule has 0 saturated carbocycles. The van der Waals surface area contributed by atoms with Crippen molar-refractivity contribution < 1.29 is 9.18 Å². The van der Waals surface area contributed by atoms with E-state index in [0.717, 1.165) is 28.6 Å². The average molecular weight is 457 g/mol. The summed E-state index contributed by atoms with van der Waals surface area (Å²) in [6.45, 7) is 2.94. The summed E-state index contributed by atoms with van der Waals surface area (Å²) in [4.78, 5) is 35.4. The van der Waals surface area contributed by atoms with Gasteiger partial charge < -0.3 is 5.32 Å². The molecule has 0 atom stereocenters. The SMILES string of the molecule is CCCCn1c(SCC(=O)NCc2ccc(F)cc2)nc2c(sc3ncccc32)c1=O. The van der Waals surface area contributed by atoms with Crippen LogP contribution in [0.4, 0.5) is 4.39 Å². The number of nitrogens with zero attached hydrogens (tertiary/aromatic N) is 3. The number of aromatic nitrogens is 3. The molecule has 1 N–H and O–H groups in total. The molecule has 0 bridgehead atoms. The number of carbonyl (C=O) groups is 1. The Balaban J connectivity index is 1.56. The molecule has 1 aromatic carbocycles. The number of hydrogen-bond acceptors (Lipinski definition) is 6. The number of unbranched alkanes of at least 4 members (excludes halogenated alkanes) is 1. The molecule has 0 saturated heterocycles. The number of halogens is 1. The summed E-state index contributed by atoms with van der Waals surface area (Å²) >= 11 is 2.60. The first-order chi connectivity index (χ1) is 15.1. The highest BCUT2D eigenvalue weighted by Crippen LogP contribution is 2.30. The van der Waals surface area contributed by atoms with Gasteiger partial charge >= 0.3 is 0 Å². The molecule has 9 heteroatoms. The fourth-order valence-electron chi connectivity index (χ4n) is 3.15. The smallest absolute Gasteiger partial charge is 0.272 e. The maximum absolute atomic E-state index is 13.2. The lowest BCUT2D eigenvalue weighted by Gasteiger charge is -2.11. The summed E-state index contributed by atoms with van der Waals surface area (Å²) < 4.78 is 15.3. The minimum Gasteiger partial charge on any atom is -0.351 e. The summed E-state index contributed by atoms with van der Waals surface area (Å²) in [5.74, 6) is -0.359. The lowest BCUT2D eigenvalue weighted by atomic mass is 10.2. The molecule has 0 radical (unpaired) electrons. The van der Waals surface area contributed by atoms with Crippen molar-refractivity contribution in [2.75, 3.05) is 5.75 Å². The number of thioether (sulfide) groups is 1. The van der Waals surface area contributed by atoms with Crippen LogP contribution in [0.5, 0.6) is 0 Å². The number of rotatable bonds is 8. The molecule has 3 heterocycles. The van der Waals surface area contributed by atoms with Gasteiger partial charge in [0.2, 0.25) is 5.91 Å². The van der Waals surface area contributed by atoms with Gasteiger partial charge in [-0.1, -0.05) is 37.2 Å². The summed E-state index contributed by atoms with van der Waals surface area (Å²) in [5, 5.41) is 4.21. The third-order valence-corrected chi connectivity index (χ3v) is 6.86. The average Bonchev–Trinajstić information content (AvgIpc) is 3.16. The van der Waals surface area contributed by atoms with Crippen molar-refractivity contribution >= 4 is 49.4 Å². The molecule has 0 spiro atoms. The van der Waals surface area contributed by atoms with E-state index in [2.05, 4.69) is 17.2 Å². The third kappa shape index (κ3) is 4.77. The number of hydrogen-bond donors (Lipinski definition) is 1. The van der Waals surface area contributed by atoms with Crippen LogP contribution < -0.4 is 10.9 Å². The van der Waals surface area contributed by atoms with Gasteiger partial charge in [0.1, 0.15) is 15.3 Å². The van der Waals surface area contributed by atoms with Crippen LogP contribution in [0.1, 0.15) is 25.3 Å². The van der Waals surface area contributed by atoms with E-state index in [9.17, 15) is 14.0 Å². The zero-order valence-electron chi connectivity index (χ0n) is 16.9. The highest BCUT2D eigenvalue weighted by atomic mass is 32.2. The Morgan fingerprint density at radius 3 is 2.84 bits per heavy atom. The zero-order chi connectivity index (χ0) is 21.8. The van der Waals surface area contributed by atoms with E-state index in [0.29, 0.717) is 28.5 Å². The predicted molar refractivity (Wildman–Crippen MR) is 123 cm³/mol. The number of benzene rings is 1. The van der Waals surface area contributed by atoms with Crippen LogP contribution in [-0.4, -0.2) is 26.2 Å². The number of amides is 1. The molecule has 0 aliphatic heterocycles. The van der Waals surface area contributed by atoms with Crippen LogP contribution in [0.25, 0.3) is 20.4 Å². The topological polar surface area (TPSA) is 76.9 Å². The van der Waals surface area contributed by atoms with E-state index in [1.807, 2.05) is 12.1 Å². The Labute approximate surface area is 186 Å². The van der Waals surface area contributed by atoms with Crippen LogP contribution in [0.3, 0.4) is 0 Å². The van der Waals surface area contributed by atoms with Gasteiger partial charge in [-0.15, -0.1) is 11.3 Å². The molecule has 4 rings (SSSR count). The van der Waals surface area contributed by atoms with Crippen LogP contribution in [0.2, 0.25) is 0 Å². The molecule has 0 aliphatic rings. The molecule has 3 aromatic heterocycles. The number of fused-ring (bicyclic) bond motifs is 3. The molecule has 0 fully saturated rings. The van der Waals surface area contributed by atoms with E-state index in [1.165, 1.54) is 35.2 Å². The Hall–Kier alpha value is -2.78. The minimum atomic E-state index is -0.312. The molecule has 0 aliphatic carbocycles. The lowest BCUT2D eigenvalue weighted by molar-refractivity contribution is -0.118. The molecule has 1 amide bonds. The van der Waals surface area contributed by atoms with Crippen molar-refractivity contribution in [2.24, 2.45) is 0 Å². The Morgan fingerprint density at radius 2 is 2.06 bits per heavy atom. The van der Waals surface area contributed by atoms with Gasteiger partial charge in [-0.3, -0.25) is 14.2 Å². The Bertz CT molecular complexity index is 1280. The molecule has 0 unspecified atom stereocenters. The van der Waals surface area contributed by atoms with Gasteiger partial charge in [-0.25, -0.2) is 14.4 Å². The highest BCUT2D eigenvalue weighted by molar-refractivity contribution is 7.99. The first-order valence-electron chi connectivity index (χ1n) is 9.99. The second-order valence-electron chi connectivity index (χ2n) is 7.03. The fourth-order valence-corrected chi connectivity index (χ4v) is 5.03. The molecular weight excluding hydrogens is 435 g/mol. The summed E-state index contributed by atoms with van der Waals surface area (Å²) in [7, 11) is 0. The predicted octanol–water partition coefficient (Wildman–Crippen LogP) is 4.35. The summed E-state index contributed by atoms with van der Waals surface area (Å²) in [6.07, 6.45) is 3.50. The first-order valence-corrected chi connectivity index (χ1v) is 11.8. The van der Waals surface area contributed by atoms with Crippen molar-refractivity contribution in [2.45, 2.75) is 38.0 Å². The molecule has 31 heavy (non-hydrogen) atoms. The van der Waals surface area contributed by atoms with Gasteiger partial charge in [-0.05, 0) is 36.2 Å². The second kappa shape index (κ2) is 9.57. The Morgan fingerprint density at radius 1 is 1.26 bits per heavy atom. The normalized spacial score (nSPS) is 11.3. The number of nitrogens with one attached hydrogen (secondary N) is 1. The van der Waals surface area contributed by atoms with E-state index in [-0.39, 0.29) is 23.0 Å². The highest BCUT2D eigenvalue weighted by Gasteiger charge is 2.17. The van der Waals surface area contributed by atoms with Gasteiger partial charge in [0.25, 0.3) is 5.56 Å². The van der Waals surface area contributed by atoms with Crippen molar-refractivity contribution in [3.8, 4) is 0 Å². The third-order valence-electron chi connectivity index (χ3n) is 4.79. The van der Waals surface area contributed by atoms with Gasteiger partial charge in [0.05, 0.1) is 11.3 Å². The standard InChI is InChI=1S/C22H21FN4O2S2/c1-2-3-11-27-21(29)19-18(16-5-4-10-24-20(16)31-19)26-22(27)30-13-17(28)25-12-14-6-8-15(23)9-7-14/h4-10H,2-3,11-13H2,1H3,(H,25,28). The molecule has 4 aromatic rings. The van der Waals surface area contributed by atoms with Gasteiger partial charge in [0, 0.05) is 24.7 Å². The van der Waals surface area contributed by atoms with Crippen LogP contribution in [0.15, 0.2) is 52.5 Å². The Kier molecular flexibility index (Phi) is 6.62. The molecule has 160 valence electrons. The minimum absolute atomic E-state index is 0.0873. The van der Waals surface area contributed by atoms with Crippen molar-refractivity contribution in [3.05, 3.63) is 64.3 Å². The monoisotopic (exact) mass is 456 g/mol. The largest absolute Gasteiger partial charge is 0.351 e. The maximum atomic E-state index is 13.2. The number of pyridine rings is 1. The van der Waals surface area contributed by atoms with Crippen molar-refractivity contribution in [1.82, 2.24) is 19.9 Å². The van der Waals surface area contributed by atoms with E-state index >= 15 is 0 Å². The molecule has 6 nitrogen and oxygen atoms in total. The van der Waals surface area contributed by atoms with E-state index < -0.39 is 0 Å². The maximum Gasteiger partial charge on any atom is 0.272 e. The van der Waals surface area contributed by atoms with Crippen molar-refractivity contribution in [3.63, 3.8) is 0 Å². The number of thiophene rings is 1. The van der Waals surface area contributed by atoms with Crippen LogP contribution in [0, 0.1) is 5.82 Å². The lowest BCUT2D eigenvalue weighted by Crippen LogP contribution is -2.26. The van der Waals surface area contributed by atoms with Crippen LogP contribution in [-0.2, 0) is 17.9 Å². The van der Waals surface area contributed by atoms with E-state index in [1.54, 1.807) is 22.9 Å². The summed E-state index contributed by atoms with van der Waals surface area (Å²) in [5.41, 5.74) is 1.37. The molecular formula is C22H21FN4O2S2. The quantitative estimate of drug-likeness (QED) is 0.315. The van der Waals surface area contributed by atoms with Gasteiger partial charge in [0.15, 0.2) is 5.16 Å². The van der Waals surface area contributed by atoms with Crippen LogP contribution >= 0.6 is 23.1 Å². The summed E-state index contributed by atoms with van der Waals surface area (Å²) in [6, 6.07) is 9.73. The van der Waals surface area contributed by atoms with Gasteiger partial charge in [-0.2, -0.15) is 0 Å².